The number of likely N-dealkylation sites (tertiary alicyclic amines) is 1. The number of nitrogens with zero attached hydrogens (tertiary/aromatic N) is 7. The molecule has 12 heteroatoms. The second-order valence-corrected chi connectivity index (χ2v) is 11.6. The van der Waals surface area contributed by atoms with E-state index >= 15 is 0 Å². The predicted octanol–water partition coefficient (Wildman–Crippen LogP) is 4.33. The molecule has 0 aliphatic carbocycles. The van der Waals surface area contributed by atoms with Crippen LogP contribution in [0, 0.1) is 0 Å². The number of piperidine rings is 1. The number of carbonyl (C=O) groups is 1. The summed E-state index contributed by atoms with van der Waals surface area (Å²) in [5, 5.41) is 5.59. The molecule has 236 valence electrons. The Labute approximate surface area is 260 Å². The van der Waals surface area contributed by atoms with E-state index in [-0.39, 0.29) is 6.04 Å². The Kier molecular flexibility index (Phi) is 12.0. The number of likely N-dealkylation sites (N-methyl/N-ethyl adjacent to an activating group) is 1. The van der Waals surface area contributed by atoms with Crippen LogP contribution in [0.1, 0.15) is 62.1 Å². The first-order chi connectivity index (χ1) is 20.9. The second kappa shape index (κ2) is 15.7. The van der Waals surface area contributed by atoms with Crippen LogP contribution < -0.4 is 21.0 Å². The maximum absolute atomic E-state index is 10.6. The Hall–Kier alpha value is -2.96. The molecule has 0 bridgehead atoms. The zero-order valence-corrected chi connectivity index (χ0v) is 27.1. The summed E-state index contributed by atoms with van der Waals surface area (Å²) in [6.45, 7) is 13.5. The van der Waals surface area contributed by atoms with Crippen molar-refractivity contribution in [1.82, 2.24) is 24.4 Å². The van der Waals surface area contributed by atoms with Crippen LogP contribution in [0.5, 0.6) is 0 Å². The second-order valence-electron chi connectivity index (χ2n) is 11.1. The fraction of sp³-hybridized carbons (Fsp3) is 0.581. The van der Waals surface area contributed by atoms with Crippen LogP contribution in [0.3, 0.4) is 0 Å². The number of anilines is 3. The molecule has 5 heterocycles. The molecule has 3 aliphatic rings. The number of hydrogen-bond acceptors (Lipinski definition) is 10. The smallest absolute Gasteiger partial charge is 0.160 e. The van der Waals surface area contributed by atoms with Crippen LogP contribution in [0.15, 0.2) is 30.3 Å². The number of aromatic nitrogens is 3. The predicted molar refractivity (Wildman–Crippen MR) is 176 cm³/mol. The highest BCUT2D eigenvalue weighted by atomic mass is 35.5. The highest BCUT2D eigenvalue weighted by molar-refractivity contribution is 6.31. The van der Waals surface area contributed by atoms with Gasteiger partial charge in [-0.2, -0.15) is 9.61 Å². The molecule has 1 aromatic carbocycles. The van der Waals surface area contributed by atoms with E-state index in [2.05, 4.69) is 55.8 Å². The number of fused-ring (bicyclic) bond motifs is 1. The summed E-state index contributed by atoms with van der Waals surface area (Å²) in [5.41, 5.74) is 11.9. The molecule has 0 spiro atoms. The molecule has 6 rings (SSSR count). The van der Waals surface area contributed by atoms with E-state index in [4.69, 9.17) is 32.3 Å². The van der Waals surface area contributed by atoms with Crippen molar-refractivity contribution < 1.29 is 9.63 Å². The lowest BCUT2D eigenvalue weighted by Gasteiger charge is -2.39. The molecule has 2 aromatic heterocycles. The van der Waals surface area contributed by atoms with E-state index in [1.54, 1.807) is 18.2 Å². The van der Waals surface area contributed by atoms with Crippen LogP contribution in [0.25, 0.3) is 5.65 Å². The third-order valence-corrected chi connectivity index (χ3v) is 8.29. The number of piperazine rings is 1. The molecular formula is C31H48ClN9O2. The van der Waals surface area contributed by atoms with Gasteiger partial charge < -0.3 is 20.4 Å². The topological polar surface area (TPSA) is 108 Å². The number of nitrogens with two attached hydrogens (primary N) is 1. The lowest BCUT2D eigenvalue weighted by atomic mass is 10.0. The van der Waals surface area contributed by atoms with Crippen LogP contribution >= 0.6 is 11.6 Å². The molecule has 11 nitrogen and oxygen atoms in total. The summed E-state index contributed by atoms with van der Waals surface area (Å²) >= 11 is 5.70. The number of hydrogen-bond donors (Lipinski definition) is 2. The molecule has 1 unspecified atom stereocenters. The summed E-state index contributed by atoms with van der Waals surface area (Å²) < 4.78 is 2.08. The van der Waals surface area contributed by atoms with Gasteiger partial charge in [0, 0.05) is 68.0 Å². The van der Waals surface area contributed by atoms with Gasteiger partial charge in [-0.05, 0) is 58.6 Å². The summed E-state index contributed by atoms with van der Waals surface area (Å²) in [6.07, 6.45) is 4.47. The molecule has 3 aromatic rings. The summed E-state index contributed by atoms with van der Waals surface area (Å²) in [7, 11) is 4.41. The van der Waals surface area contributed by atoms with Crippen molar-refractivity contribution in [1.29, 1.82) is 0 Å². The van der Waals surface area contributed by atoms with E-state index < -0.39 is 0 Å². The van der Waals surface area contributed by atoms with Gasteiger partial charge in [-0.3, -0.25) is 20.0 Å². The molecule has 0 amide bonds. The molecule has 1 atom stereocenters. The van der Waals surface area contributed by atoms with Gasteiger partial charge in [0.05, 0.1) is 24.0 Å². The van der Waals surface area contributed by atoms with Crippen molar-refractivity contribution in [3.63, 3.8) is 0 Å². The first kappa shape index (κ1) is 32.9. The minimum Gasteiger partial charge on any atom is -0.354 e. The van der Waals surface area contributed by atoms with Crippen molar-refractivity contribution in [3.8, 4) is 0 Å². The van der Waals surface area contributed by atoms with Gasteiger partial charge in [0.2, 0.25) is 0 Å². The van der Waals surface area contributed by atoms with Crippen LogP contribution in [-0.4, -0.2) is 103 Å². The van der Waals surface area contributed by atoms with Crippen molar-refractivity contribution >= 4 is 40.9 Å². The molecule has 0 saturated carbocycles. The first-order valence-corrected chi connectivity index (χ1v) is 15.9. The fourth-order valence-electron chi connectivity index (χ4n) is 5.57. The van der Waals surface area contributed by atoms with Crippen molar-refractivity contribution in [2.45, 2.75) is 52.1 Å². The molecule has 0 radical (unpaired) electrons. The maximum Gasteiger partial charge on any atom is 0.160 e. The highest BCUT2D eigenvalue weighted by Crippen LogP contribution is 2.32. The minimum atomic E-state index is 0.265. The Morgan fingerprint density at radius 2 is 1.79 bits per heavy atom. The molecule has 3 saturated heterocycles. The Morgan fingerprint density at radius 3 is 2.44 bits per heavy atom. The minimum absolute atomic E-state index is 0.265. The van der Waals surface area contributed by atoms with Crippen molar-refractivity contribution in [2.24, 2.45) is 5.73 Å². The van der Waals surface area contributed by atoms with Gasteiger partial charge in [0.15, 0.2) is 11.9 Å². The van der Waals surface area contributed by atoms with Crippen molar-refractivity contribution in [2.75, 3.05) is 81.8 Å². The first-order valence-electron chi connectivity index (χ1n) is 15.5. The molecule has 3 N–H and O–H groups in total. The van der Waals surface area contributed by atoms with Crippen molar-refractivity contribution in [3.05, 3.63) is 46.6 Å². The van der Waals surface area contributed by atoms with E-state index in [1.807, 2.05) is 20.8 Å². The number of rotatable bonds is 7. The highest BCUT2D eigenvalue weighted by Gasteiger charge is 2.29. The van der Waals surface area contributed by atoms with Gasteiger partial charge in [0.1, 0.15) is 11.6 Å². The Morgan fingerprint density at radius 1 is 1.05 bits per heavy atom. The maximum atomic E-state index is 10.6. The average Bonchev–Trinajstić information content (AvgIpc) is 3.44. The van der Waals surface area contributed by atoms with E-state index in [0.717, 1.165) is 69.3 Å². The lowest BCUT2D eigenvalue weighted by molar-refractivity contribution is 0.112. The Balaban J connectivity index is 0.000000238. The SMILES string of the molecule is CC.CCONc1ccc(Cl)cc1C=O.CN1CCN(c2cc(N3CC(N)C3)nc3cc(C4CCCCN4C)nn23)CC1. The van der Waals surface area contributed by atoms with Crippen LogP contribution in [0.4, 0.5) is 17.3 Å². The van der Waals surface area contributed by atoms with E-state index in [9.17, 15) is 4.79 Å². The van der Waals surface area contributed by atoms with E-state index in [0.29, 0.717) is 28.9 Å². The monoisotopic (exact) mass is 613 g/mol. The van der Waals surface area contributed by atoms with Gasteiger partial charge >= 0.3 is 0 Å². The lowest BCUT2D eigenvalue weighted by Crippen LogP contribution is -2.56. The quantitative estimate of drug-likeness (QED) is 0.295. The third kappa shape index (κ3) is 8.16. The molecule has 43 heavy (non-hydrogen) atoms. The molecule has 3 fully saturated rings. The number of halogens is 1. The Bertz CT molecular complexity index is 1320. The largest absolute Gasteiger partial charge is 0.354 e. The van der Waals surface area contributed by atoms with Crippen LogP contribution in [-0.2, 0) is 4.84 Å². The van der Waals surface area contributed by atoms with Crippen LogP contribution in [0.2, 0.25) is 5.02 Å². The third-order valence-electron chi connectivity index (χ3n) is 8.05. The molecular weight excluding hydrogens is 566 g/mol. The molecule has 3 aliphatic heterocycles. The standard InChI is InChI=1S/C20H32N8.C9H10ClNO2.C2H6/c1-24-7-9-26(10-8-24)20-12-18(27-13-15(21)14-27)22-19-11-16(23-28(19)20)17-5-3-4-6-25(17)2;1-2-13-11-9-4-3-8(10)5-7(9)6-12;1-2/h11-12,15,17H,3-10,13-14,21H2,1-2H3;3-6,11H,2H2,1H3;1-2H3. The number of benzene rings is 1. The normalized spacial score (nSPS) is 19.7. The van der Waals surface area contributed by atoms with Gasteiger partial charge in [-0.15, -0.1) is 0 Å². The van der Waals surface area contributed by atoms with Gasteiger partial charge in [-0.25, -0.2) is 4.98 Å². The zero-order chi connectivity index (χ0) is 30.9. The van der Waals surface area contributed by atoms with Gasteiger partial charge in [-0.1, -0.05) is 31.9 Å². The number of nitrogens with one attached hydrogen (secondary N) is 1. The number of carbonyl (C=O) groups excluding carboxylic acids is 1. The summed E-state index contributed by atoms with van der Waals surface area (Å²) in [6, 6.07) is 10.0. The van der Waals surface area contributed by atoms with Gasteiger partial charge in [0.25, 0.3) is 0 Å². The summed E-state index contributed by atoms with van der Waals surface area (Å²) in [4.78, 5) is 30.1. The zero-order valence-electron chi connectivity index (χ0n) is 26.3. The number of aldehydes is 1. The average molecular weight is 614 g/mol. The van der Waals surface area contributed by atoms with E-state index in [1.165, 1.54) is 25.1 Å². The summed E-state index contributed by atoms with van der Waals surface area (Å²) in [5.74, 6) is 2.20. The fourth-order valence-corrected chi connectivity index (χ4v) is 5.75.